The van der Waals surface area contributed by atoms with Crippen molar-refractivity contribution in [3.8, 4) is 11.6 Å². The zero-order valence-corrected chi connectivity index (χ0v) is 18.8. The maximum absolute atomic E-state index is 13.2. The third kappa shape index (κ3) is 4.01. The standard InChI is InChI=1S/C23H24FN3O4S/c1-26-13-19-17(8-9-27(2)32(3,30)31)18-11-15(10-14-4-6-16(24)7-5-14)12-25-21(18)22(28)20(19)23(26)29/h4-7,11-13,28-29H,8-10H2,1-3H3. The van der Waals surface area contributed by atoms with Gasteiger partial charge < -0.3 is 14.8 Å². The van der Waals surface area contributed by atoms with Gasteiger partial charge in [0.05, 0.1) is 11.6 Å². The van der Waals surface area contributed by atoms with Crippen LogP contribution in [-0.2, 0) is 29.9 Å². The number of aryl methyl sites for hydroxylation is 1. The Kier molecular flexibility index (Phi) is 5.56. The Hall–Kier alpha value is -3.17. The van der Waals surface area contributed by atoms with E-state index in [1.165, 1.54) is 28.1 Å². The number of benzene rings is 2. The highest BCUT2D eigenvalue weighted by Gasteiger charge is 2.21. The van der Waals surface area contributed by atoms with Crippen molar-refractivity contribution in [2.45, 2.75) is 12.8 Å². The van der Waals surface area contributed by atoms with E-state index < -0.39 is 10.0 Å². The Labute approximate surface area is 185 Å². The Morgan fingerprint density at radius 1 is 1.12 bits per heavy atom. The van der Waals surface area contributed by atoms with Crippen LogP contribution in [0.15, 0.2) is 42.7 Å². The molecular weight excluding hydrogens is 433 g/mol. The molecule has 0 bridgehead atoms. The molecule has 0 saturated heterocycles. The molecule has 0 saturated carbocycles. The maximum atomic E-state index is 13.2. The van der Waals surface area contributed by atoms with Gasteiger partial charge in [-0.2, -0.15) is 0 Å². The van der Waals surface area contributed by atoms with Crippen molar-refractivity contribution in [2.24, 2.45) is 7.05 Å². The molecule has 2 aromatic carbocycles. The lowest BCUT2D eigenvalue weighted by molar-refractivity contribution is 0.432. The Balaban J connectivity index is 1.87. The van der Waals surface area contributed by atoms with E-state index in [2.05, 4.69) is 4.98 Å². The topological polar surface area (TPSA) is 95.7 Å². The van der Waals surface area contributed by atoms with Crippen molar-refractivity contribution in [1.82, 2.24) is 13.9 Å². The summed E-state index contributed by atoms with van der Waals surface area (Å²) in [5.41, 5.74) is 2.89. The number of pyridine rings is 1. The summed E-state index contributed by atoms with van der Waals surface area (Å²) in [5, 5.41) is 22.9. The molecule has 7 nitrogen and oxygen atoms in total. The van der Waals surface area contributed by atoms with Crippen LogP contribution in [0.5, 0.6) is 11.6 Å². The number of halogens is 1. The van der Waals surface area contributed by atoms with Crippen LogP contribution in [0.4, 0.5) is 4.39 Å². The first kappa shape index (κ1) is 22.0. The molecule has 2 N–H and O–H groups in total. The number of likely N-dealkylation sites (N-methyl/N-ethyl adjacent to an activating group) is 1. The minimum Gasteiger partial charge on any atom is -0.505 e. The average Bonchev–Trinajstić information content (AvgIpc) is 3.03. The molecule has 0 spiro atoms. The normalized spacial score (nSPS) is 12.3. The molecule has 9 heteroatoms. The number of nitrogens with zero attached hydrogens (tertiary/aromatic N) is 3. The Morgan fingerprint density at radius 2 is 1.81 bits per heavy atom. The minimum absolute atomic E-state index is 0.0886. The SMILES string of the molecule is CN(CCc1c2cc(Cc3ccc(F)cc3)cnc2c(O)c2c(O)n(C)cc12)S(C)(=O)=O. The van der Waals surface area contributed by atoms with Gasteiger partial charge in [-0.1, -0.05) is 12.1 Å². The number of aromatic hydroxyl groups is 2. The number of sulfonamides is 1. The van der Waals surface area contributed by atoms with Crippen molar-refractivity contribution in [1.29, 1.82) is 0 Å². The lowest BCUT2D eigenvalue weighted by Crippen LogP contribution is -2.27. The van der Waals surface area contributed by atoms with Crippen molar-refractivity contribution < 1.29 is 23.0 Å². The van der Waals surface area contributed by atoms with E-state index in [-0.39, 0.29) is 29.4 Å². The predicted octanol–water partition coefficient (Wildman–Crippen LogP) is 3.30. The van der Waals surface area contributed by atoms with E-state index in [4.69, 9.17) is 0 Å². The van der Waals surface area contributed by atoms with Gasteiger partial charge in [0.1, 0.15) is 11.3 Å². The number of aromatic nitrogens is 2. The molecule has 0 unspecified atom stereocenters. The largest absolute Gasteiger partial charge is 0.505 e. The molecule has 2 heterocycles. The first-order valence-corrected chi connectivity index (χ1v) is 11.9. The highest BCUT2D eigenvalue weighted by molar-refractivity contribution is 7.88. The summed E-state index contributed by atoms with van der Waals surface area (Å²) >= 11 is 0. The van der Waals surface area contributed by atoms with Crippen molar-refractivity contribution >= 4 is 31.7 Å². The van der Waals surface area contributed by atoms with Crippen LogP contribution in [0.25, 0.3) is 21.7 Å². The third-order valence-corrected chi connectivity index (χ3v) is 7.08. The second-order valence-corrected chi connectivity index (χ2v) is 10.1. The predicted molar refractivity (Wildman–Crippen MR) is 122 cm³/mol. The van der Waals surface area contributed by atoms with E-state index in [9.17, 15) is 23.0 Å². The highest BCUT2D eigenvalue weighted by atomic mass is 32.2. The molecule has 0 radical (unpaired) electrons. The molecule has 0 aliphatic carbocycles. The summed E-state index contributed by atoms with van der Waals surface area (Å²) in [7, 11) is -0.184. The van der Waals surface area contributed by atoms with Crippen molar-refractivity contribution in [3.63, 3.8) is 0 Å². The molecule has 2 aromatic heterocycles. The fraction of sp³-hybridized carbons (Fsp3) is 0.261. The van der Waals surface area contributed by atoms with E-state index >= 15 is 0 Å². The van der Waals surface area contributed by atoms with Gasteiger partial charge in [-0.15, -0.1) is 0 Å². The number of fused-ring (bicyclic) bond motifs is 2. The average molecular weight is 458 g/mol. The monoisotopic (exact) mass is 457 g/mol. The van der Waals surface area contributed by atoms with Gasteiger partial charge in [-0.25, -0.2) is 17.1 Å². The minimum atomic E-state index is -3.36. The van der Waals surface area contributed by atoms with Gasteiger partial charge in [0, 0.05) is 43.8 Å². The molecule has 0 fully saturated rings. The molecule has 4 rings (SSSR count). The molecule has 32 heavy (non-hydrogen) atoms. The van der Waals surface area contributed by atoms with Crippen LogP contribution in [0, 0.1) is 5.82 Å². The smallest absolute Gasteiger partial charge is 0.210 e. The Morgan fingerprint density at radius 3 is 2.47 bits per heavy atom. The zero-order valence-electron chi connectivity index (χ0n) is 18.0. The van der Waals surface area contributed by atoms with E-state index in [1.54, 1.807) is 31.6 Å². The quantitative estimate of drug-likeness (QED) is 0.463. The second kappa shape index (κ2) is 8.07. The van der Waals surface area contributed by atoms with Gasteiger partial charge >= 0.3 is 0 Å². The third-order valence-electron chi connectivity index (χ3n) is 5.77. The van der Waals surface area contributed by atoms with Gasteiger partial charge in [-0.3, -0.25) is 4.98 Å². The first-order valence-electron chi connectivity index (χ1n) is 10.0. The summed E-state index contributed by atoms with van der Waals surface area (Å²) in [5.74, 6) is -0.519. The number of hydrogen-bond acceptors (Lipinski definition) is 5. The number of phenols is 1. The van der Waals surface area contributed by atoms with Crippen LogP contribution in [0.3, 0.4) is 0 Å². The molecule has 0 amide bonds. The molecule has 4 aromatic rings. The zero-order chi connectivity index (χ0) is 23.2. The summed E-state index contributed by atoms with van der Waals surface area (Å²) in [6.07, 6.45) is 5.39. The van der Waals surface area contributed by atoms with Crippen LogP contribution in [-0.4, -0.2) is 52.3 Å². The molecule has 168 valence electrons. The molecule has 0 atom stereocenters. The van der Waals surface area contributed by atoms with Crippen LogP contribution >= 0.6 is 0 Å². The summed E-state index contributed by atoms with van der Waals surface area (Å²) in [6, 6.07) is 8.12. The van der Waals surface area contributed by atoms with Gasteiger partial charge in [0.15, 0.2) is 5.75 Å². The van der Waals surface area contributed by atoms with Gasteiger partial charge in [-0.05, 0) is 47.7 Å². The van der Waals surface area contributed by atoms with Crippen LogP contribution in [0.2, 0.25) is 0 Å². The fourth-order valence-corrected chi connectivity index (χ4v) is 4.33. The fourth-order valence-electron chi connectivity index (χ4n) is 3.91. The summed E-state index contributed by atoms with van der Waals surface area (Å²) < 4.78 is 39.8. The molecule has 0 aliphatic rings. The van der Waals surface area contributed by atoms with E-state index in [0.717, 1.165) is 22.9 Å². The summed E-state index contributed by atoms with van der Waals surface area (Å²) in [6.45, 7) is 0.228. The highest BCUT2D eigenvalue weighted by Crippen LogP contribution is 2.42. The van der Waals surface area contributed by atoms with Crippen LogP contribution < -0.4 is 0 Å². The number of phenolic OH excluding ortho intramolecular Hbond substituents is 1. The molecule has 0 aliphatic heterocycles. The van der Waals surface area contributed by atoms with Crippen LogP contribution in [0.1, 0.15) is 16.7 Å². The maximum Gasteiger partial charge on any atom is 0.210 e. The second-order valence-electron chi connectivity index (χ2n) is 8.06. The lowest BCUT2D eigenvalue weighted by atomic mass is 9.96. The van der Waals surface area contributed by atoms with Gasteiger partial charge in [0.2, 0.25) is 15.9 Å². The molecular formula is C23H24FN3O4S. The summed E-state index contributed by atoms with van der Waals surface area (Å²) in [4.78, 5) is 4.46. The van der Waals surface area contributed by atoms with E-state index in [0.29, 0.717) is 29.1 Å². The lowest BCUT2D eigenvalue weighted by Gasteiger charge is -2.16. The number of hydrogen-bond donors (Lipinski definition) is 2. The van der Waals surface area contributed by atoms with Gasteiger partial charge in [0.25, 0.3) is 0 Å². The van der Waals surface area contributed by atoms with E-state index in [1.807, 2.05) is 6.07 Å². The first-order chi connectivity index (χ1) is 15.1. The number of rotatable bonds is 6. The van der Waals surface area contributed by atoms with Crippen molar-refractivity contribution in [3.05, 3.63) is 65.2 Å². The Bertz CT molecular complexity index is 1430. The van der Waals surface area contributed by atoms with Crippen molar-refractivity contribution in [2.75, 3.05) is 19.8 Å².